The summed E-state index contributed by atoms with van der Waals surface area (Å²) >= 11 is 0. The minimum absolute atomic E-state index is 0.0182. The fourth-order valence-corrected chi connectivity index (χ4v) is 8.15. The van der Waals surface area contributed by atoms with Crippen LogP contribution in [0.3, 0.4) is 0 Å². The van der Waals surface area contributed by atoms with Crippen LogP contribution >= 0.6 is 0 Å². The average molecular weight is 557 g/mol. The number of aromatic nitrogens is 2. The quantitative estimate of drug-likeness (QED) is 0.412. The van der Waals surface area contributed by atoms with Crippen molar-refractivity contribution in [2.45, 2.75) is 94.8 Å². The molecule has 0 spiro atoms. The first-order valence-electron chi connectivity index (χ1n) is 15.5. The van der Waals surface area contributed by atoms with E-state index in [2.05, 4.69) is 76.3 Å². The van der Waals surface area contributed by atoms with Gasteiger partial charge in [-0.1, -0.05) is 49.4 Å². The van der Waals surface area contributed by atoms with E-state index < -0.39 is 12.1 Å². The summed E-state index contributed by atoms with van der Waals surface area (Å²) in [5.74, 6) is 1.11. The summed E-state index contributed by atoms with van der Waals surface area (Å²) in [5, 5.41) is 2.63. The third kappa shape index (κ3) is 5.34. The lowest BCUT2D eigenvalue weighted by atomic mass is 9.70. The van der Waals surface area contributed by atoms with Gasteiger partial charge in [0.25, 0.3) is 0 Å². The standard InChI is InChI=1S/C33H44N6O2/c1-3-28(36-32(34)41)31(40)37-18-15-33(16-19-37,24-9-5-4-6-10-24)17-20-38-25-13-14-26(38)22-27(21-25)39-23(2)35-29-11-7-8-12-30(29)39/h4-12,25-28H,3,13-22H2,1-2H3,(H3,34,36,41). The molecule has 6 rings (SSSR count). The number of primary amides is 1. The molecular weight excluding hydrogens is 512 g/mol. The van der Waals surface area contributed by atoms with Crippen molar-refractivity contribution in [2.24, 2.45) is 5.73 Å². The molecule has 3 unspecified atom stereocenters. The Hall–Kier alpha value is -3.39. The lowest BCUT2D eigenvalue weighted by Crippen LogP contribution is -2.54. The highest BCUT2D eigenvalue weighted by atomic mass is 16.2. The van der Waals surface area contributed by atoms with Crippen LogP contribution in [-0.4, -0.2) is 69.0 Å². The average Bonchev–Trinajstić information content (AvgIpc) is 3.45. The van der Waals surface area contributed by atoms with Crippen LogP contribution in [-0.2, 0) is 10.2 Å². The Bertz CT molecular complexity index is 1360. The molecule has 41 heavy (non-hydrogen) atoms. The van der Waals surface area contributed by atoms with Gasteiger partial charge in [0.05, 0.1) is 11.0 Å². The maximum Gasteiger partial charge on any atom is 0.312 e. The Balaban J connectivity index is 1.15. The molecule has 4 heterocycles. The number of piperidine rings is 2. The van der Waals surface area contributed by atoms with Gasteiger partial charge in [-0.2, -0.15) is 0 Å². The fraction of sp³-hybridized carbons (Fsp3) is 0.545. The number of nitrogens with one attached hydrogen (secondary N) is 1. The van der Waals surface area contributed by atoms with Crippen molar-refractivity contribution in [1.82, 2.24) is 24.7 Å². The third-order valence-corrected chi connectivity index (χ3v) is 10.3. The molecule has 0 aliphatic carbocycles. The number of hydrogen-bond acceptors (Lipinski definition) is 4. The van der Waals surface area contributed by atoms with E-state index in [9.17, 15) is 9.59 Å². The van der Waals surface area contributed by atoms with Gasteiger partial charge >= 0.3 is 6.03 Å². The summed E-state index contributed by atoms with van der Waals surface area (Å²) in [4.78, 5) is 34.2. The second-order valence-corrected chi connectivity index (χ2v) is 12.5. The second-order valence-electron chi connectivity index (χ2n) is 12.5. The van der Waals surface area contributed by atoms with Crippen molar-refractivity contribution in [3.63, 3.8) is 0 Å². The summed E-state index contributed by atoms with van der Waals surface area (Å²) in [6.07, 6.45) is 8.42. The number of nitrogens with two attached hydrogens (primary N) is 1. The number of carbonyl (C=O) groups excluding carboxylic acids is 2. The summed E-state index contributed by atoms with van der Waals surface area (Å²) in [5.41, 5.74) is 9.13. The highest BCUT2D eigenvalue weighted by molar-refractivity contribution is 5.86. The molecule has 0 saturated carbocycles. The van der Waals surface area contributed by atoms with Gasteiger partial charge < -0.3 is 20.5 Å². The number of urea groups is 1. The van der Waals surface area contributed by atoms with Crippen molar-refractivity contribution in [1.29, 1.82) is 0 Å². The molecule has 218 valence electrons. The van der Waals surface area contributed by atoms with Gasteiger partial charge in [0.2, 0.25) is 5.91 Å². The van der Waals surface area contributed by atoms with Gasteiger partial charge in [-0.05, 0) is 87.9 Å². The van der Waals surface area contributed by atoms with Crippen molar-refractivity contribution in [2.75, 3.05) is 19.6 Å². The number of hydrogen-bond donors (Lipinski definition) is 2. The van der Waals surface area contributed by atoms with E-state index in [0.29, 0.717) is 37.6 Å². The zero-order chi connectivity index (χ0) is 28.6. The van der Waals surface area contributed by atoms with Crippen LogP contribution in [0.15, 0.2) is 54.6 Å². The number of para-hydroxylation sites is 2. The molecular formula is C33H44N6O2. The van der Waals surface area contributed by atoms with Crippen LogP contribution in [0, 0.1) is 6.92 Å². The predicted molar refractivity (Wildman–Crippen MR) is 162 cm³/mol. The Morgan fingerprint density at radius 3 is 2.32 bits per heavy atom. The molecule has 2 aromatic carbocycles. The van der Waals surface area contributed by atoms with E-state index in [1.165, 1.54) is 36.8 Å². The van der Waals surface area contributed by atoms with Gasteiger partial charge in [-0.15, -0.1) is 0 Å². The molecule has 3 N–H and O–H groups in total. The first-order valence-corrected chi connectivity index (χ1v) is 15.5. The third-order valence-electron chi connectivity index (χ3n) is 10.3. The topological polar surface area (TPSA) is 96.5 Å². The number of nitrogens with zero attached hydrogens (tertiary/aromatic N) is 4. The fourth-order valence-electron chi connectivity index (χ4n) is 8.15. The molecule has 3 aromatic rings. The highest BCUT2D eigenvalue weighted by Gasteiger charge is 2.44. The van der Waals surface area contributed by atoms with Crippen molar-refractivity contribution < 1.29 is 9.59 Å². The SMILES string of the molecule is CCC(NC(N)=O)C(=O)N1CCC(CCN2C3CCC2CC(n2c(C)nc4ccccc42)C3)(c2ccccc2)CC1. The molecule has 3 aliphatic heterocycles. The zero-order valence-electron chi connectivity index (χ0n) is 24.5. The number of likely N-dealkylation sites (tertiary alicyclic amines) is 1. The first-order chi connectivity index (χ1) is 19.9. The summed E-state index contributed by atoms with van der Waals surface area (Å²) < 4.78 is 2.51. The molecule has 3 aliphatic rings. The predicted octanol–water partition coefficient (Wildman–Crippen LogP) is 4.91. The summed E-state index contributed by atoms with van der Waals surface area (Å²) in [6.45, 7) is 6.56. The molecule has 2 bridgehead atoms. The number of rotatable bonds is 8. The Morgan fingerprint density at radius 1 is 1.00 bits per heavy atom. The normalized spacial score (nSPS) is 24.8. The smallest absolute Gasteiger partial charge is 0.312 e. The minimum Gasteiger partial charge on any atom is -0.352 e. The van der Waals surface area contributed by atoms with E-state index in [1.807, 2.05) is 11.8 Å². The van der Waals surface area contributed by atoms with E-state index >= 15 is 0 Å². The molecule has 3 atom stereocenters. The molecule has 1 aromatic heterocycles. The monoisotopic (exact) mass is 556 g/mol. The molecule has 8 nitrogen and oxygen atoms in total. The van der Waals surface area contributed by atoms with Gasteiger partial charge in [0.15, 0.2) is 0 Å². The molecule has 3 amide bonds. The van der Waals surface area contributed by atoms with E-state index in [0.717, 1.165) is 37.1 Å². The second kappa shape index (κ2) is 11.5. The van der Waals surface area contributed by atoms with Gasteiger partial charge in [0, 0.05) is 31.2 Å². The van der Waals surface area contributed by atoms with Crippen LogP contribution in [0.4, 0.5) is 4.79 Å². The Kier molecular flexibility index (Phi) is 7.77. The number of carbonyl (C=O) groups is 2. The maximum atomic E-state index is 13.2. The molecule has 3 fully saturated rings. The Morgan fingerprint density at radius 2 is 1.66 bits per heavy atom. The van der Waals surface area contributed by atoms with E-state index in [-0.39, 0.29) is 11.3 Å². The zero-order valence-corrected chi connectivity index (χ0v) is 24.5. The molecule has 3 saturated heterocycles. The number of benzene rings is 2. The van der Waals surface area contributed by atoms with Crippen LogP contribution in [0.1, 0.15) is 75.7 Å². The summed E-state index contributed by atoms with van der Waals surface area (Å²) in [6, 6.07) is 20.0. The lowest BCUT2D eigenvalue weighted by Gasteiger charge is -2.46. The summed E-state index contributed by atoms with van der Waals surface area (Å²) in [7, 11) is 0. The number of amides is 3. The van der Waals surface area contributed by atoms with Crippen LogP contribution < -0.4 is 11.1 Å². The van der Waals surface area contributed by atoms with Crippen LogP contribution in [0.25, 0.3) is 11.0 Å². The first kappa shape index (κ1) is 27.8. The van der Waals surface area contributed by atoms with E-state index in [4.69, 9.17) is 10.7 Å². The van der Waals surface area contributed by atoms with Gasteiger partial charge in [-0.25, -0.2) is 9.78 Å². The lowest BCUT2D eigenvalue weighted by molar-refractivity contribution is -0.135. The van der Waals surface area contributed by atoms with Crippen molar-refractivity contribution in [3.05, 3.63) is 66.0 Å². The van der Waals surface area contributed by atoms with Crippen molar-refractivity contribution in [3.8, 4) is 0 Å². The van der Waals surface area contributed by atoms with Crippen LogP contribution in [0.5, 0.6) is 0 Å². The minimum atomic E-state index is -0.643. The number of imidazole rings is 1. The molecule has 0 radical (unpaired) electrons. The Labute approximate surface area is 243 Å². The largest absolute Gasteiger partial charge is 0.352 e. The number of fused-ring (bicyclic) bond motifs is 3. The molecule has 8 heteroatoms. The number of aryl methyl sites for hydroxylation is 1. The maximum absolute atomic E-state index is 13.2. The van der Waals surface area contributed by atoms with Crippen molar-refractivity contribution >= 4 is 23.0 Å². The van der Waals surface area contributed by atoms with Crippen LogP contribution in [0.2, 0.25) is 0 Å². The van der Waals surface area contributed by atoms with Gasteiger partial charge in [-0.3, -0.25) is 9.69 Å². The van der Waals surface area contributed by atoms with Gasteiger partial charge in [0.1, 0.15) is 11.9 Å². The highest BCUT2D eigenvalue weighted by Crippen LogP contribution is 2.45. The van der Waals surface area contributed by atoms with E-state index in [1.54, 1.807) is 0 Å².